The summed E-state index contributed by atoms with van der Waals surface area (Å²) in [5.74, 6) is 0.660. The van der Waals surface area contributed by atoms with Crippen LogP contribution in [0.15, 0.2) is 34.9 Å². The molecule has 1 aliphatic rings. The highest BCUT2D eigenvalue weighted by Crippen LogP contribution is 2.25. The fourth-order valence-corrected chi connectivity index (χ4v) is 3.62. The molecule has 0 saturated carbocycles. The second-order valence-corrected chi connectivity index (χ2v) is 7.47. The van der Waals surface area contributed by atoms with E-state index in [2.05, 4.69) is 28.0 Å². The number of likely N-dealkylation sites (tertiary alicyclic amines) is 1. The van der Waals surface area contributed by atoms with E-state index < -0.39 is 0 Å². The van der Waals surface area contributed by atoms with Crippen molar-refractivity contribution in [3.63, 3.8) is 0 Å². The molecule has 2 N–H and O–H groups in total. The van der Waals surface area contributed by atoms with Crippen LogP contribution in [0.3, 0.4) is 0 Å². The first-order valence-corrected chi connectivity index (χ1v) is 9.12. The first-order valence-electron chi connectivity index (χ1n) is 8.33. The van der Waals surface area contributed by atoms with E-state index in [0.29, 0.717) is 18.0 Å². The summed E-state index contributed by atoms with van der Waals surface area (Å²) in [7, 11) is 0. The molecule has 1 fully saturated rings. The Morgan fingerprint density at radius 3 is 2.75 bits per heavy atom. The molecule has 6 heteroatoms. The summed E-state index contributed by atoms with van der Waals surface area (Å²) in [5, 5.41) is 4.42. The summed E-state index contributed by atoms with van der Waals surface area (Å²) in [6.07, 6.45) is 3.68. The second-order valence-electron chi connectivity index (χ2n) is 6.55. The van der Waals surface area contributed by atoms with Crippen LogP contribution < -0.4 is 5.73 Å². The van der Waals surface area contributed by atoms with Gasteiger partial charge in [0.1, 0.15) is 0 Å². The molecule has 2 heterocycles. The monoisotopic (exact) mass is 390 g/mol. The molecule has 1 amide bonds. The maximum atomic E-state index is 13.0. The third-order valence-corrected chi connectivity index (χ3v) is 5.35. The average molecular weight is 391 g/mol. The summed E-state index contributed by atoms with van der Waals surface area (Å²) >= 11 is 3.43. The standard InChI is InChI=1S/C18H23BrN4O/c1-12-7-8-22(16(9-12)10-20)18(24)17-11-21-23(13(17)2)15-5-3-14(19)4-6-15/h3-6,11-12,16H,7-10,20H2,1-2H3. The smallest absolute Gasteiger partial charge is 0.257 e. The molecular weight excluding hydrogens is 368 g/mol. The first-order chi connectivity index (χ1) is 11.5. The van der Waals surface area contributed by atoms with Gasteiger partial charge in [-0.15, -0.1) is 0 Å². The summed E-state index contributed by atoms with van der Waals surface area (Å²) in [5.41, 5.74) is 8.36. The summed E-state index contributed by atoms with van der Waals surface area (Å²) < 4.78 is 2.82. The number of nitrogens with two attached hydrogens (primary N) is 1. The predicted octanol–water partition coefficient (Wildman–Crippen LogP) is 3.14. The zero-order chi connectivity index (χ0) is 17.3. The molecule has 1 saturated heterocycles. The van der Waals surface area contributed by atoms with Crippen molar-refractivity contribution in [2.45, 2.75) is 32.7 Å². The molecule has 3 rings (SSSR count). The van der Waals surface area contributed by atoms with Crippen molar-refractivity contribution in [3.05, 3.63) is 46.2 Å². The normalized spacial score (nSPS) is 21.1. The van der Waals surface area contributed by atoms with Crippen LogP contribution in [0.4, 0.5) is 0 Å². The number of aromatic nitrogens is 2. The Kier molecular flexibility index (Phi) is 5.06. The number of hydrogen-bond donors (Lipinski definition) is 1. The van der Waals surface area contributed by atoms with Crippen LogP contribution in [-0.4, -0.2) is 39.7 Å². The Morgan fingerprint density at radius 1 is 1.38 bits per heavy atom. The van der Waals surface area contributed by atoms with Crippen molar-refractivity contribution >= 4 is 21.8 Å². The van der Waals surface area contributed by atoms with Crippen molar-refractivity contribution in [1.82, 2.24) is 14.7 Å². The number of benzene rings is 1. The molecule has 1 aromatic heterocycles. The molecule has 2 aromatic rings. The number of nitrogens with zero attached hydrogens (tertiary/aromatic N) is 3. The van der Waals surface area contributed by atoms with Crippen LogP contribution >= 0.6 is 15.9 Å². The van der Waals surface area contributed by atoms with Gasteiger partial charge in [-0.25, -0.2) is 4.68 Å². The van der Waals surface area contributed by atoms with Crippen LogP contribution in [-0.2, 0) is 0 Å². The second kappa shape index (κ2) is 7.07. The van der Waals surface area contributed by atoms with Crippen molar-refractivity contribution in [3.8, 4) is 5.69 Å². The molecule has 1 aromatic carbocycles. The number of carbonyl (C=O) groups is 1. The minimum atomic E-state index is 0.0400. The van der Waals surface area contributed by atoms with E-state index in [0.717, 1.165) is 35.2 Å². The van der Waals surface area contributed by atoms with E-state index in [4.69, 9.17) is 5.73 Å². The fraction of sp³-hybridized carbons (Fsp3) is 0.444. The Labute approximate surface area is 151 Å². The van der Waals surface area contributed by atoms with Gasteiger partial charge in [0, 0.05) is 23.6 Å². The lowest BCUT2D eigenvalue weighted by Crippen LogP contribution is -2.49. The van der Waals surface area contributed by atoms with Gasteiger partial charge in [-0.3, -0.25) is 4.79 Å². The topological polar surface area (TPSA) is 64.2 Å². The quantitative estimate of drug-likeness (QED) is 0.875. The highest BCUT2D eigenvalue weighted by atomic mass is 79.9. The zero-order valence-corrected chi connectivity index (χ0v) is 15.7. The molecule has 0 spiro atoms. The molecule has 128 valence electrons. The van der Waals surface area contributed by atoms with Gasteiger partial charge in [0.05, 0.1) is 23.1 Å². The molecule has 5 nitrogen and oxygen atoms in total. The van der Waals surface area contributed by atoms with Gasteiger partial charge in [0.25, 0.3) is 5.91 Å². The molecule has 0 radical (unpaired) electrons. The third-order valence-electron chi connectivity index (χ3n) is 4.82. The van der Waals surface area contributed by atoms with Gasteiger partial charge < -0.3 is 10.6 Å². The largest absolute Gasteiger partial charge is 0.334 e. The number of piperidine rings is 1. The third kappa shape index (κ3) is 3.26. The summed E-state index contributed by atoms with van der Waals surface area (Å²) in [6, 6.07) is 8.01. The van der Waals surface area contributed by atoms with E-state index in [1.165, 1.54) is 0 Å². The molecule has 2 atom stereocenters. The van der Waals surface area contributed by atoms with E-state index >= 15 is 0 Å². The van der Waals surface area contributed by atoms with Gasteiger partial charge >= 0.3 is 0 Å². The Hall–Kier alpha value is -1.66. The minimum Gasteiger partial charge on any atom is -0.334 e. The number of halogens is 1. The van der Waals surface area contributed by atoms with Crippen molar-refractivity contribution in [2.24, 2.45) is 11.7 Å². The molecule has 24 heavy (non-hydrogen) atoms. The fourth-order valence-electron chi connectivity index (χ4n) is 3.36. The number of hydrogen-bond acceptors (Lipinski definition) is 3. The lowest BCUT2D eigenvalue weighted by Gasteiger charge is -2.38. The van der Waals surface area contributed by atoms with Crippen molar-refractivity contribution in [2.75, 3.05) is 13.1 Å². The van der Waals surface area contributed by atoms with Crippen LogP contribution in [0.1, 0.15) is 35.8 Å². The van der Waals surface area contributed by atoms with E-state index in [-0.39, 0.29) is 11.9 Å². The summed E-state index contributed by atoms with van der Waals surface area (Å²) in [6.45, 7) is 5.44. The minimum absolute atomic E-state index is 0.0400. The molecule has 1 aliphatic heterocycles. The van der Waals surface area contributed by atoms with Gasteiger partial charge in [-0.05, 0) is 49.9 Å². The average Bonchev–Trinajstić information content (AvgIpc) is 2.96. The highest BCUT2D eigenvalue weighted by Gasteiger charge is 2.31. The van der Waals surface area contributed by atoms with Crippen LogP contribution in [0, 0.1) is 12.8 Å². The van der Waals surface area contributed by atoms with Gasteiger partial charge in [0.15, 0.2) is 0 Å². The summed E-state index contributed by atoms with van der Waals surface area (Å²) in [4.78, 5) is 14.9. The molecular formula is C18H23BrN4O. The number of carbonyl (C=O) groups excluding carboxylic acids is 1. The number of amides is 1. The van der Waals surface area contributed by atoms with E-state index in [1.807, 2.05) is 40.8 Å². The lowest BCUT2D eigenvalue weighted by atomic mass is 9.92. The maximum absolute atomic E-state index is 13.0. The SMILES string of the molecule is Cc1c(C(=O)N2CCC(C)CC2CN)cnn1-c1ccc(Br)cc1. The molecule has 2 unspecified atom stereocenters. The first kappa shape index (κ1) is 17.2. The maximum Gasteiger partial charge on any atom is 0.257 e. The highest BCUT2D eigenvalue weighted by molar-refractivity contribution is 9.10. The Bertz CT molecular complexity index is 725. The van der Waals surface area contributed by atoms with Crippen molar-refractivity contribution in [1.29, 1.82) is 0 Å². The van der Waals surface area contributed by atoms with Gasteiger partial charge in [-0.2, -0.15) is 5.10 Å². The molecule has 0 bridgehead atoms. The predicted molar refractivity (Wildman–Crippen MR) is 98.3 cm³/mol. The Morgan fingerprint density at radius 2 is 2.08 bits per heavy atom. The van der Waals surface area contributed by atoms with Gasteiger partial charge in [0.2, 0.25) is 0 Å². The van der Waals surface area contributed by atoms with E-state index in [9.17, 15) is 4.79 Å². The van der Waals surface area contributed by atoms with Gasteiger partial charge in [-0.1, -0.05) is 22.9 Å². The van der Waals surface area contributed by atoms with Crippen LogP contribution in [0.2, 0.25) is 0 Å². The van der Waals surface area contributed by atoms with Crippen LogP contribution in [0.25, 0.3) is 5.69 Å². The van der Waals surface area contributed by atoms with Crippen LogP contribution in [0.5, 0.6) is 0 Å². The zero-order valence-electron chi connectivity index (χ0n) is 14.1. The van der Waals surface area contributed by atoms with E-state index in [1.54, 1.807) is 6.20 Å². The van der Waals surface area contributed by atoms with Crippen molar-refractivity contribution < 1.29 is 4.79 Å². The number of rotatable bonds is 3. The Balaban J connectivity index is 1.87. The molecule has 0 aliphatic carbocycles. The lowest BCUT2D eigenvalue weighted by molar-refractivity contribution is 0.0573.